The second-order valence-electron chi connectivity index (χ2n) is 17.7. The van der Waals surface area contributed by atoms with Gasteiger partial charge < -0.3 is 69.3 Å². The van der Waals surface area contributed by atoms with Crippen molar-refractivity contribution in [1.29, 1.82) is 0 Å². The molecule has 8 atom stereocenters. The SMILES string of the molecule is CC(C)C[C@H](N)C(=O)N[C@@H](Cc1ccccc1)C(=O)N[C@@H](Cc1ccccc1)C(=O)N[C@H](C(=O)NCC(=O)N[C@@H](CC(N)=O)C(=O)N[C@@H](CC(=O)O)C(=O)N[C@@H](CS)C(=O)N[C@@H](CCC(=O)O)C(=O)O)C(C)C. The average molecular weight is 1040 g/mol. The zero-order chi connectivity index (χ0) is 54.9. The number of carbonyl (C=O) groups is 12. The molecule has 0 unspecified atom stereocenters. The Hall–Kier alpha value is -7.61. The molecule has 25 nitrogen and oxygen atoms in total. The van der Waals surface area contributed by atoms with Crippen LogP contribution in [0.4, 0.5) is 0 Å². The number of hydrogen-bond acceptors (Lipinski definition) is 14. The van der Waals surface area contributed by atoms with E-state index in [1.165, 1.54) is 0 Å². The number of primary amides is 1. The number of rotatable bonds is 32. The molecule has 26 heteroatoms. The van der Waals surface area contributed by atoms with Gasteiger partial charge in [-0.05, 0) is 35.8 Å². The molecule has 73 heavy (non-hydrogen) atoms. The maximum Gasteiger partial charge on any atom is 0.326 e. The summed E-state index contributed by atoms with van der Waals surface area (Å²) in [5.41, 5.74) is 12.8. The van der Waals surface area contributed by atoms with Gasteiger partial charge in [0.1, 0.15) is 42.3 Å². The fourth-order valence-electron chi connectivity index (χ4n) is 6.93. The predicted octanol–water partition coefficient (Wildman–Crippen LogP) is -2.76. The second kappa shape index (κ2) is 31.0. The Morgan fingerprint density at radius 2 is 0.973 bits per heavy atom. The largest absolute Gasteiger partial charge is 0.481 e. The van der Waals surface area contributed by atoms with Crippen LogP contribution in [-0.4, -0.2) is 147 Å². The molecule has 0 aromatic heterocycles. The Kier molecular flexibility index (Phi) is 26.1. The highest BCUT2D eigenvalue weighted by atomic mass is 32.1. The number of nitrogens with two attached hydrogens (primary N) is 2. The number of carbonyl (C=O) groups excluding carboxylic acids is 9. The van der Waals surface area contributed by atoms with E-state index in [0.717, 1.165) is 0 Å². The van der Waals surface area contributed by atoms with Crippen LogP contribution in [-0.2, 0) is 70.4 Å². The lowest BCUT2D eigenvalue weighted by atomic mass is 9.99. The van der Waals surface area contributed by atoms with E-state index in [9.17, 15) is 67.7 Å². The number of nitrogens with one attached hydrogen (secondary N) is 8. The van der Waals surface area contributed by atoms with E-state index in [2.05, 4.69) is 49.8 Å². The van der Waals surface area contributed by atoms with E-state index >= 15 is 0 Å². The Balaban J connectivity index is 2.26. The number of carboxylic acid groups (broad SMARTS) is 3. The molecule has 400 valence electrons. The molecule has 0 heterocycles. The van der Waals surface area contributed by atoms with Crippen molar-refractivity contribution >= 4 is 83.7 Å². The van der Waals surface area contributed by atoms with Crippen molar-refractivity contribution in [1.82, 2.24) is 42.5 Å². The molecule has 15 N–H and O–H groups in total. The number of amides is 9. The lowest BCUT2D eigenvalue weighted by Crippen LogP contribution is -2.60. The summed E-state index contributed by atoms with van der Waals surface area (Å²) in [7, 11) is 0. The van der Waals surface area contributed by atoms with Crippen LogP contribution in [0.1, 0.15) is 70.9 Å². The summed E-state index contributed by atoms with van der Waals surface area (Å²) in [5, 5.41) is 46.6. The molecule has 0 spiro atoms. The first-order valence-corrected chi connectivity index (χ1v) is 23.7. The highest BCUT2D eigenvalue weighted by Gasteiger charge is 2.35. The topological polar surface area (TPSA) is 414 Å². The van der Waals surface area contributed by atoms with Gasteiger partial charge in [0.05, 0.1) is 25.4 Å². The molecule has 0 saturated carbocycles. The van der Waals surface area contributed by atoms with Crippen LogP contribution in [0.2, 0.25) is 0 Å². The van der Waals surface area contributed by atoms with Crippen LogP contribution in [0, 0.1) is 11.8 Å². The van der Waals surface area contributed by atoms with Gasteiger partial charge in [0.2, 0.25) is 53.2 Å². The van der Waals surface area contributed by atoms with Gasteiger partial charge in [0, 0.05) is 25.0 Å². The summed E-state index contributed by atoms with van der Waals surface area (Å²) >= 11 is 3.96. The van der Waals surface area contributed by atoms with Gasteiger partial charge >= 0.3 is 17.9 Å². The number of thiol groups is 1. The van der Waals surface area contributed by atoms with Crippen LogP contribution in [0.3, 0.4) is 0 Å². The van der Waals surface area contributed by atoms with E-state index in [1.807, 2.05) is 19.2 Å². The van der Waals surface area contributed by atoms with E-state index in [-0.39, 0.29) is 18.8 Å². The number of aliphatic carboxylic acids is 3. The third kappa shape index (κ3) is 23.0. The average Bonchev–Trinajstić information content (AvgIpc) is 3.31. The first-order chi connectivity index (χ1) is 34.3. The monoisotopic (exact) mass is 1040 g/mol. The van der Waals surface area contributed by atoms with Crippen molar-refractivity contribution in [3.8, 4) is 0 Å². The fraction of sp³-hybridized carbons (Fsp3) is 0.489. The van der Waals surface area contributed by atoms with Crippen molar-refractivity contribution < 1.29 is 72.9 Å². The molecule has 9 amide bonds. The summed E-state index contributed by atoms with van der Waals surface area (Å²) in [6.07, 6.45) is -2.85. The zero-order valence-electron chi connectivity index (χ0n) is 40.8. The Morgan fingerprint density at radius 1 is 0.534 bits per heavy atom. The molecule has 0 aliphatic carbocycles. The maximum atomic E-state index is 14.1. The predicted molar refractivity (Wildman–Crippen MR) is 264 cm³/mol. The quantitative estimate of drug-likeness (QED) is 0.0330. The van der Waals surface area contributed by atoms with Crippen LogP contribution < -0.4 is 54.0 Å². The van der Waals surface area contributed by atoms with Gasteiger partial charge in [0.15, 0.2) is 0 Å². The van der Waals surface area contributed by atoms with Crippen molar-refractivity contribution in [3.05, 3.63) is 71.8 Å². The minimum Gasteiger partial charge on any atom is -0.481 e. The second-order valence-corrected chi connectivity index (χ2v) is 18.1. The third-order valence-electron chi connectivity index (χ3n) is 10.7. The van der Waals surface area contributed by atoms with Crippen molar-refractivity contribution in [3.63, 3.8) is 0 Å². The molecule has 2 aromatic carbocycles. The molecular formula is C47H66N10O15S. The van der Waals surface area contributed by atoms with Gasteiger partial charge in [-0.25, -0.2) is 4.79 Å². The summed E-state index contributed by atoms with van der Waals surface area (Å²) in [5.74, 6) is -14.6. The molecule has 0 saturated heterocycles. The minimum atomic E-state index is -1.98. The Labute approximate surface area is 426 Å². The highest BCUT2D eigenvalue weighted by molar-refractivity contribution is 7.80. The summed E-state index contributed by atoms with van der Waals surface area (Å²) < 4.78 is 0. The maximum absolute atomic E-state index is 14.1. The lowest BCUT2D eigenvalue weighted by molar-refractivity contribution is -0.144. The first-order valence-electron chi connectivity index (χ1n) is 23.1. The van der Waals surface area contributed by atoms with E-state index in [1.54, 1.807) is 74.5 Å². The summed E-state index contributed by atoms with van der Waals surface area (Å²) in [6.45, 7) is 6.07. The Bertz CT molecular complexity index is 2270. The van der Waals surface area contributed by atoms with Crippen LogP contribution in [0.5, 0.6) is 0 Å². The lowest BCUT2D eigenvalue weighted by Gasteiger charge is -2.27. The molecule has 0 aliphatic rings. The third-order valence-corrected chi connectivity index (χ3v) is 11.1. The van der Waals surface area contributed by atoms with Gasteiger partial charge in [-0.2, -0.15) is 12.6 Å². The van der Waals surface area contributed by atoms with E-state index in [4.69, 9.17) is 16.6 Å². The molecule has 0 fully saturated rings. The van der Waals surface area contributed by atoms with Crippen molar-refractivity contribution in [2.45, 2.75) is 121 Å². The fourth-order valence-corrected chi connectivity index (χ4v) is 7.18. The van der Waals surface area contributed by atoms with Gasteiger partial charge in [-0.1, -0.05) is 88.4 Å². The molecule has 0 aliphatic heterocycles. The standard InChI is InChI=1S/C47H66N10O15S/c1-24(2)17-28(48)40(64)53-30(18-26-11-7-5-8-12-26)41(65)54-31(19-27-13-9-6-10-14-27)44(68)57-39(25(3)4)46(70)50-22-36(59)51-32(20-35(49)58)42(66)55-33(21-38(62)63)43(67)56-34(23-73)45(69)52-29(47(71)72)15-16-37(60)61/h5-14,24-25,28-34,39,73H,15-23,48H2,1-4H3,(H2,49,58)(H,50,70)(H,51,59)(H,52,69)(H,53,64)(H,54,65)(H,55,66)(H,56,67)(H,57,68)(H,60,61)(H,62,63)(H,71,72)/t28-,29-,30-,31-,32-,33-,34-,39-/m0/s1. The van der Waals surface area contributed by atoms with Gasteiger partial charge in [0.25, 0.3) is 0 Å². The number of benzene rings is 2. The van der Waals surface area contributed by atoms with E-state index < -0.39 is 163 Å². The highest BCUT2D eigenvalue weighted by Crippen LogP contribution is 2.11. The van der Waals surface area contributed by atoms with E-state index in [0.29, 0.717) is 17.5 Å². The van der Waals surface area contributed by atoms with Crippen molar-refractivity contribution in [2.75, 3.05) is 12.3 Å². The van der Waals surface area contributed by atoms with Crippen molar-refractivity contribution in [2.24, 2.45) is 23.3 Å². The number of carboxylic acids is 3. The van der Waals surface area contributed by atoms with Crippen LogP contribution in [0.25, 0.3) is 0 Å². The smallest absolute Gasteiger partial charge is 0.326 e. The Morgan fingerprint density at radius 3 is 1.42 bits per heavy atom. The molecule has 0 radical (unpaired) electrons. The van der Waals surface area contributed by atoms with Gasteiger partial charge in [-0.3, -0.25) is 52.7 Å². The summed E-state index contributed by atoms with van der Waals surface area (Å²) in [4.78, 5) is 154. The van der Waals surface area contributed by atoms with Crippen LogP contribution in [0.15, 0.2) is 60.7 Å². The molecule has 2 rings (SSSR count). The van der Waals surface area contributed by atoms with Crippen LogP contribution >= 0.6 is 12.6 Å². The molecule has 0 bridgehead atoms. The number of hydrogen-bond donors (Lipinski definition) is 14. The van der Waals surface area contributed by atoms with Gasteiger partial charge in [-0.15, -0.1) is 0 Å². The zero-order valence-corrected chi connectivity index (χ0v) is 41.6. The summed E-state index contributed by atoms with van der Waals surface area (Å²) in [6, 6.07) is 5.51. The minimum absolute atomic E-state index is 0.0422. The first kappa shape index (κ1) is 61.5. The molecule has 2 aromatic rings. The normalized spacial score (nSPS) is 14.2. The molecular weight excluding hydrogens is 977 g/mol.